The zero-order valence-corrected chi connectivity index (χ0v) is 12.3. The van der Waals surface area contributed by atoms with Crippen LogP contribution in [0.25, 0.3) is 11.3 Å². The van der Waals surface area contributed by atoms with Crippen molar-refractivity contribution >= 4 is 11.8 Å². The van der Waals surface area contributed by atoms with Gasteiger partial charge in [0, 0.05) is 23.2 Å². The molecule has 0 spiro atoms. The Morgan fingerprint density at radius 2 is 1.57 bits per heavy atom. The van der Waals surface area contributed by atoms with Crippen molar-refractivity contribution in [2.75, 3.05) is 11.2 Å². The Kier molecular flexibility index (Phi) is 4.36. The number of aromatic nitrogens is 2. The van der Waals surface area contributed by atoms with Gasteiger partial charge >= 0.3 is 0 Å². The van der Waals surface area contributed by atoms with Gasteiger partial charge in [0.1, 0.15) is 0 Å². The highest BCUT2D eigenvalue weighted by atomic mass is 15.4. The first-order chi connectivity index (χ1) is 11.3. The molecule has 0 radical (unpaired) electrons. The first-order valence-corrected chi connectivity index (χ1v) is 7.08. The molecular formula is C18H15N5. The number of nitrogen functional groups attached to an aromatic ring is 1. The highest BCUT2D eigenvalue weighted by Gasteiger charge is 2.03. The number of hydrogen-bond donors (Lipinski definition) is 3. The number of hydrogen-bond acceptors (Lipinski definition) is 5. The molecule has 0 saturated carbocycles. The van der Waals surface area contributed by atoms with Crippen molar-refractivity contribution in [3.63, 3.8) is 0 Å². The van der Waals surface area contributed by atoms with E-state index in [4.69, 9.17) is 5.73 Å². The third-order valence-electron chi connectivity index (χ3n) is 3.05. The summed E-state index contributed by atoms with van der Waals surface area (Å²) in [7, 11) is 0. The van der Waals surface area contributed by atoms with Crippen molar-refractivity contribution in [3.8, 4) is 23.2 Å². The molecular weight excluding hydrogens is 286 g/mol. The predicted molar refractivity (Wildman–Crippen MR) is 92.0 cm³/mol. The van der Waals surface area contributed by atoms with Gasteiger partial charge in [0.15, 0.2) is 5.82 Å². The minimum absolute atomic E-state index is 0.201. The van der Waals surface area contributed by atoms with Gasteiger partial charge in [0.25, 0.3) is 0 Å². The van der Waals surface area contributed by atoms with E-state index in [1.54, 1.807) is 0 Å². The lowest BCUT2D eigenvalue weighted by molar-refractivity contribution is 1.05. The summed E-state index contributed by atoms with van der Waals surface area (Å²) in [5.41, 5.74) is 14.1. The van der Waals surface area contributed by atoms with Crippen LogP contribution in [0.4, 0.5) is 11.8 Å². The van der Waals surface area contributed by atoms with E-state index >= 15 is 0 Å². The smallest absolute Gasteiger partial charge is 0.222 e. The predicted octanol–water partition coefficient (Wildman–Crippen LogP) is 2.65. The van der Waals surface area contributed by atoms with Crippen LogP contribution in [0.3, 0.4) is 0 Å². The topological polar surface area (TPSA) is 75.9 Å². The van der Waals surface area contributed by atoms with Crippen molar-refractivity contribution < 1.29 is 0 Å². The number of nitrogens with one attached hydrogen (secondary N) is 2. The summed E-state index contributed by atoms with van der Waals surface area (Å²) >= 11 is 0. The van der Waals surface area contributed by atoms with Crippen molar-refractivity contribution in [3.05, 3.63) is 72.3 Å². The van der Waals surface area contributed by atoms with Crippen LogP contribution in [0, 0.1) is 12.0 Å². The molecule has 0 aliphatic carbocycles. The highest BCUT2D eigenvalue weighted by Crippen LogP contribution is 2.19. The molecule has 0 aliphatic rings. The van der Waals surface area contributed by atoms with E-state index in [0.29, 0.717) is 5.82 Å². The summed E-state index contributed by atoms with van der Waals surface area (Å²) < 4.78 is 0. The fourth-order valence-electron chi connectivity index (χ4n) is 2.01. The van der Waals surface area contributed by atoms with Crippen LogP contribution in [0.1, 0.15) is 5.56 Å². The van der Waals surface area contributed by atoms with Crippen LogP contribution >= 0.6 is 0 Å². The molecule has 1 heterocycles. The largest absolute Gasteiger partial charge is 0.368 e. The zero-order chi connectivity index (χ0) is 15.9. The molecule has 5 nitrogen and oxygen atoms in total. The number of nitrogens with zero attached hydrogens (tertiary/aromatic N) is 2. The Morgan fingerprint density at radius 1 is 0.870 bits per heavy atom. The monoisotopic (exact) mass is 301 g/mol. The normalized spacial score (nSPS) is 9.57. The maximum Gasteiger partial charge on any atom is 0.222 e. The molecule has 3 rings (SSSR count). The molecule has 0 fully saturated rings. The van der Waals surface area contributed by atoms with E-state index in [0.717, 1.165) is 16.8 Å². The SMILES string of the molecule is Nc1nc(NNC#Cc2ccccc2)cc(-c2ccccc2)n1. The Hall–Kier alpha value is -3.52. The Balaban J connectivity index is 1.72. The van der Waals surface area contributed by atoms with Crippen LogP contribution in [0.2, 0.25) is 0 Å². The van der Waals surface area contributed by atoms with Gasteiger partial charge < -0.3 is 5.73 Å². The average molecular weight is 301 g/mol. The number of hydrazine groups is 1. The molecule has 0 aliphatic heterocycles. The van der Waals surface area contributed by atoms with Crippen LogP contribution < -0.4 is 16.6 Å². The summed E-state index contributed by atoms with van der Waals surface area (Å²) in [6.07, 6.45) is 0. The van der Waals surface area contributed by atoms with Gasteiger partial charge in [-0.1, -0.05) is 48.5 Å². The van der Waals surface area contributed by atoms with Gasteiger partial charge in [0.2, 0.25) is 5.95 Å². The zero-order valence-electron chi connectivity index (χ0n) is 12.3. The van der Waals surface area contributed by atoms with E-state index < -0.39 is 0 Å². The Labute approximate surface area is 134 Å². The molecule has 0 atom stereocenters. The maximum absolute atomic E-state index is 5.77. The van der Waals surface area contributed by atoms with Gasteiger partial charge in [-0.3, -0.25) is 10.9 Å². The minimum atomic E-state index is 0.201. The quantitative estimate of drug-likeness (QED) is 0.394. The first kappa shape index (κ1) is 14.4. The van der Waals surface area contributed by atoms with Crippen LogP contribution in [-0.4, -0.2) is 9.97 Å². The standard InChI is InChI=1S/C18H15N5/c19-18-21-16(15-9-5-2-6-10-15)13-17(22-18)23-20-12-11-14-7-3-1-4-8-14/h1-10,13,20H,(H3,19,21,22,23). The van der Waals surface area contributed by atoms with Gasteiger partial charge in [-0.05, 0) is 18.1 Å². The fraction of sp³-hybridized carbons (Fsp3) is 0. The number of benzene rings is 2. The lowest BCUT2D eigenvalue weighted by Gasteiger charge is -2.07. The molecule has 3 aromatic rings. The van der Waals surface area contributed by atoms with Gasteiger partial charge in [-0.2, -0.15) is 4.98 Å². The second-order valence-corrected chi connectivity index (χ2v) is 4.73. The molecule has 0 amide bonds. The third kappa shape index (κ3) is 3.99. The Bertz CT molecular complexity index is 836. The van der Waals surface area contributed by atoms with Crippen LogP contribution in [0.5, 0.6) is 0 Å². The van der Waals surface area contributed by atoms with E-state index in [-0.39, 0.29) is 5.95 Å². The summed E-state index contributed by atoms with van der Waals surface area (Å²) in [6.45, 7) is 0. The number of anilines is 2. The van der Waals surface area contributed by atoms with Crippen molar-refractivity contribution in [1.82, 2.24) is 15.4 Å². The van der Waals surface area contributed by atoms with E-state index in [9.17, 15) is 0 Å². The molecule has 5 heteroatoms. The molecule has 112 valence electrons. The molecule has 2 aromatic carbocycles. The maximum atomic E-state index is 5.77. The number of rotatable bonds is 3. The second-order valence-electron chi connectivity index (χ2n) is 4.73. The molecule has 0 unspecified atom stereocenters. The molecule has 0 saturated heterocycles. The van der Waals surface area contributed by atoms with E-state index in [1.807, 2.05) is 66.7 Å². The lowest BCUT2D eigenvalue weighted by atomic mass is 10.1. The lowest BCUT2D eigenvalue weighted by Crippen LogP contribution is -2.17. The average Bonchev–Trinajstić information content (AvgIpc) is 2.60. The highest BCUT2D eigenvalue weighted by molar-refractivity contribution is 5.63. The first-order valence-electron chi connectivity index (χ1n) is 7.08. The van der Waals surface area contributed by atoms with E-state index in [1.165, 1.54) is 0 Å². The molecule has 1 aromatic heterocycles. The summed E-state index contributed by atoms with van der Waals surface area (Å²) in [5, 5.41) is 0. The second kappa shape index (κ2) is 6.96. The van der Waals surface area contributed by atoms with E-state index in [2.05, 4.69) is 32.8 Å². The van der Waals surface area contributed by atoms with Crippen LogP contribution in [-0.2, 0) is 0 Å². The van der Waals surface area contributed by atoms with Crippen LogP contribution in [0.15, 0.2) is 66.7 Å². The fourth-order valence-corrected chi connectivity index (χ4v) is 2.01. The third-order valence-corrected chi connectivity index (χ3v) is 3.05. The molecule has 0 bridgehead atoms. The van der Waals surface area contributed by atoms with Gasteiger partial charge in [0.05, 0.1) is 5.69 Å². The van der Waals surface area contributed by atoms with Crippen molar-refractivity contribution in [2.45, 2.75) is 0 Å². The summed E-state index contributed by atoms with van der Waals surface area (Å²) in [4.78, 5) is 8.37. The number of nitrogens with two attached hydrogens (primary N) is 1. The van der Waals surface area contributed by atoms with Crippen molar-refractivity contribution in [2.24, 2.45) is 0 Å². The van der Waals surface area contributed by atoms with Gasteiger partial charge in [-0.15, -0.1) is 0 Å². The summed E-state index contributed by atoms with van der Waals surface area (Å²) in [5.74, 6) is 3.73. The Morgan fingerprint density at radius 3 is 2.30 bits per heavy atom. The summed E-state index contributed by atoms with van der Waals surface area (Å²) in [6, 6.07) is 24.1. The molecule has 4 N–H and O–H groups in total. The minimum Gasteiger partial charge on any atom is -0.368 e. The van der Waals surface area contributed by atoms with Crippen molar-refractivity contribution in [1.29, 1.82) is 0 Å². The van der Waals surface area contributed by atoms with Gasteiger partial charge in [-0.25, -0.2) is 4.98 Å². The molecule has 23 heavy (non-hydrogen) atoms.